The molecule has 0 bridgehead atoms. The monoisotopic (exact) mass is 262 g/mol. The van der Waals surface area contributed by atoms with Crippen molar-refractivity contribution in [2.45, 2.75) is 38.3 Å². The van der Waals surface area contributed by atoms with Gasteiger partial charge in [-0.25, -0.2) is 4.39 Å². The van der Waals surface area contributed by atoms with Gasteiger partial charge in [-0.2, -0.15) is 5.26 Å². The van der Waals surface area contributed by atoms with Gasteiger partial charge in [-0.15, -0.1) is 0 Å². The van der Waals surface area contributed by atoms with E-state index in [4.69, 9.17) is 10.4 Å². The van der Waals surface area contributed by atoms with Gasteiger partial charge in [-0.3, -0.25) is 4.90 Å². The van der Waals surface area contributed by atoms with Crippen LogP contribution in [-0.4, -0.2) is 29.2 Å². The van der Waals surface area contributed by atoms with Gasteiger partial charge in [0.2, 0.25) is 0 Å². The van der Waals surface area contributed by atoms with Crippen molar-refractivity contribution in [3.05, 3.63) is 35.1 Å². The van der Waals surface area contributed by atoms with Crippen molar-refractivity contribution in [2.24, 2.45) is 0 Å². The number of aliphatic hydroxyl groups excluding tert-OH is 1. The first-order valence-corrected chi connectivity index (χ1v) is 6.78. The fraction of sp³-hybridized carbons (Fsp3) is 0.533. The Morgan fingerprint density at radius 1 is 1.42 bits per heavy atom. The van der Waals surface area contributed by atoms with Crippen molar-refractivity contribution in [1.29, 1.82) is 5.26 Å². The van der Waals surface area contributed by atoms with Crippen molar-refractivity contribution >= 4 is 0 Å². The first-order valence-electron chi connectivity index (χ1n) is 6.78. The largest absolute Gasteiger partial charge is 0.396 e. The van der Waals surface area contributed by atoms with Crippen LogP contribution < -0.4 is 0 Å². The summed E-state index contributed by atoms with van der Waals surface area (Å²) in [5.41, 5.74) is 1.07. The van der Waals surface area contributed by atoms with Crippen LogP contribution in [0.15, 0.2) is 18.2 Å². The Hall–Kier alpha value is -1.44. The van der Waals surface area contributed by atoms with Gasteiger partial charge in [0, 0.05) is 25.7 Å². The van der Waals surface area contributed by atoms with Crippen LogP contribution in [0.1, 0.15) is 36.8 Å². The van der Waals surface area contributed by atoms with E-state index < -0.39 is 5.82 Å². The Morgan fingerprint density at radius 3 is 2.79 bits per heavy atom. The number of nitrogens with zero attached hydrogens (tertiary/aromatic N) is 2. The van der Waals surface area contributed by atoms with Gasteiger partial charge in [0.1, 0.15) is 11.9 Å². The van der Waals surface area contributed by atoms with Gasteiger partial charge < -0.3 is 5.11 Å². The van der Waals surface area contributed by atoms with E-state index in [0.717, 1.165) is 25.1 Å². The number of hydrogen-bond acceptors (Lipinski definition) is 3. The Balaban J connectivity index is 2.05. The third-order valence-corrected chi connectivity index (χ3v) is 3.73. The first-order chi connectivity index (χ1) is 9.24. The van der Waals surface area contributed by atoms with E-state index in [9.17, 15) is 4.39 Å². The highest BCUT2D eigenvalue weighted by Gasteiger charge is 2.24. The maximum atomic E-state index is 13.3. The van der Waals surface area contributed by atoms with E-state index >= 15 is 0 Å². The summed E-state index contributed by atoms with van der Waals surface area (Å²) in [6.45, 7) is 1.76. The lowest BCUT2D eigenvalue weighted by Crippen LogP contribution is -2.40. The lowest BCUT2D eigenvalue weighted by atomic mass is 9.91. The molecule has 0 spiro atoms. The average Bonchev–Trinajstić information content (AvgIpc) is 2.36. The predicted octanol–water partition coefficient (Wildman–Crippen LogP) is 2.43. The summed E-state index contributed by atoms with van der Waals surface area (Å²) >= 11 is 0. The molecule has 1 N–H and O–H groups in total. The Labute approximate surface area is 113 Å². The molecule has 102 valence electrons. The second-order valence-corrected chi connectivity index (χ2v) is 5.06. The van der Waals surface area contributed by atoms with Crippen molar-refractivity contribution in [3.8, 4) is 6.07 Å². The lowest BCUT2D eigenvalue weighted by Gasteiger charge is -2.37. The normalized spacial score (nSPS) is 15.3. The summed E-state index contributed by atoms with van der Waals surface area (Å²) in [4.78, 5) is 2.33. The van der Waals surface area contributed by atoms with E-state index in [0.29, 0.717) is 6.04 Å². The molecule has 0 aliphatic heterocycles. The topological polar surface area (TPSA) is 47.3 Å². The molecule has 2 rings (SSSR count). The summed E-state index contributed by atoms with van der Waals surface area (Å²) in [6.07, 6.45) is 4.39. The van der Waals surface area contributed by atoms with Crippen molar-refractivity contribution in [1.82, 2.24) is 4.90 Å². The zero-order valence-corrected chi connectivity index (χ0v) is 11.0. The molecule has 0 amide bonds. The summed E-state index contributed by atoms with van der Waals surface area (Å²) in [6, 6.07) is 7.17. The number of benzene rings is 1. The van der Waals surface area contributed by atoms with Gasteiger partial charge in [-0.1, -0.05) is 12.5 Å². The van der Waals surface area contributed by atoms with Crippen LogP contribution >= 0.6 is 0 Å². The maximum absolute atomic E-state index is 13.3. The van der Waals surface area contributed by atoms with Crippen LogP contribution in [0.25, 0.3) is 0 Å². The molecule has 4 heteroatoms. The van der Waals surface area contributed by atoms with E-state index in [2.05, 4.69) is 4.90 Å². The predicted molar refractivity (Wildman–Crippen MR) is 70.9 cm³/mol. The Kier molecular flexibility index (Phi) is 4.89. The summed E-state index contributed by atoms with van der Waals surface area (Å²) in [5, 5.41) is 17.8. The molecular formula is C15H19FN2O. The van der Waals surface area contributed by atoms with E-state index in [1.165, 1.54) is 25.3 Å². The molecular weight excluding hydrogens is 243 g/mol. The molecule has 0 heterocycles. The molecule has 19 heavy (non-hydrogen) atoms. The van der Waals surface area contributed by atoms with E-state index in [1.807, 2.05) is 6.07 Å². The zero-order valence-electron chi connectivity index (χ0n) is 11.0. The summed E-state index contributed by atoms with van der Waals surface area (Å²) < 4.78 is 13.3. The van der Waals surface area contributed by atoms with Gasteiger partial charge in [0.05, 0.1) is 5.56 Å². The van der Waals surface area contributed by atoms with Gasteiger partial charge in [0.15, 0.2) is 0 Å². The van der Waals surface area contributed by atoms with Crippen LogP contribution in [0.4, 0.5) is 4.39 Å². The number of nitriles is 1. The van der Waals surface area contributed by atoms with Crippen molar-refractivity contribution in [2.75, 3.05) is 13.2 Å². The Bertz CT molecular complexity index is 466. The van der Waals surface area contributed by atoms with E-state index in [1.54, 1.807) is 12.1 Å². The van der Waals surface area contributed by atoms with Gasteiger partial charge in [0.25, 0.3) is 0 Å². The fourth-order valence-electron chi connectivity index (χ4n) is 2.41. The van der Waals surface area contributed by atoms with Crippen molar-refractivity contribution in [3.63, 3.8) is 0 Å². The summed E-state index contributed by atoms with van der Waals surface area (Å²) in [5.74, 6) is -0.461. The third kappa shape index (κ3) is 3.52. The maximum Gasteiger partial charge on any atom is 0.140 e. The molecule has 0 saturated heterocycles. The van der Waals surface area contributed by atoms with E-state index in [-0.39, 0.29) is 12.2 Å². The van der Waals surface area contributed by atoms with Crippen LogP contribution in [0.3, 0.4) is 0 Å². The van der Waals surface area contributed by atoms with Crippen LogP contribution in [0.5, 0.6) is 0 Å². The minimum atomic E-state index is -0.461. The smallest absolute Gasteiger partial charge is 0.140 e. The molecule has 0 aromatic heterocycles. The van der Waals surface area contributed by atoms with Crippen LogP contribution in [0, 0.1) is 17.1 Å². The molecule has 1 saturated carbocycles. The Morgan fingerprint density at radius 2 is 2.21 bits per heavy atom. The second kappa shape index (κ2) is 6.65. The molecule has 1 fully saturated rings. The van der Waals surface area contributed by atoms with Gasteiger partial charge in [-0.05, 0) is 37.0 Å². The minimum Gasteiger partial charge on any atom is -0.396 e. The first kappa shape index (κ1) is 14.0. The number of aliphatic hydroxyl groups is 1. The SMILES string of the molecule is N#Cc1cc(CN(CCCO)C2CCC2)ccc1F. The number of halogens is 1. The van der Waals surface area contributed by atoms with Crippen molar-refractivity contribution < 1.29 is 9.50 Å². The van der Waals surface area contributed by atoms with Crippen LogP contribution in [-0.2, 0) is 6.54 Å². The fourth-order valence-corrected chi connectivity index (χ4v) is 2.41. The molecule has 1 aromatic rings. The zero-order chi connectivity index (χ0) is 13.7. The molecule has 0 radical (unpaired) electrons. The van der Waals surface area contributed by atoms with Gasteiger partial charge >= 0.3 is 0 Å². The summed E-state index contributed by atoms with van der Waals surface area (Å²) in [7, 11) is 0. The highest BCUT2D eigenvalue weighted by atomic mass is 19.1. The molecule has 1 aliphatic rings. The minimum absolute atomic E-state index is 0.105. The third-order valence-electron chi connectivity index (χ3n) is 3.73. The second-order valence-electron chi connectivity index (χ2n) is 5.06. The highest BCUT2D eigenvalue weighted by molar-refractivity contribution is 5.34. The number of hydrogen-bond donors (Lipinski definition) is 1. The molecule has 1 aliphatic carbocycles. The average molecular weight is 262 g/mol. The van der Waals surface area contributed by atoms with Crippen LogP contribution in [0.2, 0.25) is 0 Å². The highest BCUT2D eigenvalue weighted by Crippen LogP contribution is 2.26. The standard InChI is InChI=1S/C15H19FN2O/c16-15-6-5-12(9-13(15)10-17)11-18(7-2-8-19)14-3-1-4-14/h5-6,9,14,19H,1-4,7-8,11H2. The molecule has 0 atom stereocenters. The quantitative estimate of drug-likeness (QED) is 0.856. The molecule has 1 aromatic carbocycles. The number of rotatable bonds is 6. The lowest BCUT2D eigenvalue weighted by molar-refractivity contribution is 0.109. The molecule has 0 unspecified atom stereocenters. The molecule has 3 nitrogen and oxygen atoms in total.